The molecule has 0 spiro atoms. The highest BCUT2D eigenvalue weighted by Crippen LogP contribution is 2.14. The van der Waals surface area contributed by atoms with Gasteiger partial charge in [0.25, 0.3) is 5.91 Å². The van der Waals surface area contributed by atoms with Gasteiger partial charge in [-0.1, -0.05) is 103 Å². The zero-order valence-electron chi connectivity index (χ0n) is 19.5. The predicted molar refractivity (Wildman–Crippen MR) is 133 cm³/mol. The SMILES string of the molecule is CCCCCCCCCCCCCCCCCCSCCNC(=O)c1cccnc1. The zero-order chi connectivity index (χ0) is 21.5. The Labute approximate surface area is 190 Å². The molecule has 1 N–H and O–H groups in total. The fourth-order valence-corrected chi connectivity index (χ4v) is 4.55. The number of aromatic nitrogens is 1. The second-order valence-electron chi connectivity index (χ2n) is 8.41. The number of nitrogens with one attached hydrogen (secondary N) is 1. The summed E-state index contributed by atoms with van der Waals surface area (Å²) in [6, 6.07) is 3.59. The molecule has 0 saturated carbocycles. The van der Waals surface area contributed by atoms with Crippen LogP contribution in [0.3, 0.4) is 0 Å². The van der Waals surface area contributed by atoms with E-state index in [-0.39, 0.29) is 5.91 Å². The molecule has 0 bridgehead atoms. The van der Waals surface area contributed by atoms with Crippen molar-refractivity contribution in [1.82, 2.24) is 10.3 Å². The summed E-state index contributed by atoms with van der Waals surface area (Å²) in [5, 5.41) is 2.96. The lowest BCUT2D eigenvalue weighted by Gasteiger charge is -2.05. The molecular formula is C26H46N2OS. The van der Waals surface area contributed by atoms with E-state index in [9.17, 15) is 4.79 Å². The lowest BCUT2D eigenvalue weighted by atomic mass is 10.0. The highest BCUT2D eigenvalue weighted by molar-refractivity contribution is 7.99. The minimum absolute atomic E-state index is 0.0221. The number of nitrogens with zero attached hydrogens (tertiary/aromatic N) is 1. The van der Waals surface area contributed by atoms with E-state index in [0.717, 1.165) is 12.3 Å². The molecule has 0 fully saturated rings. The third kappa shape index (κ3) is 16.7. The van der Waals surface area contributed by atoms with E-state index in [4.69, 9.17) is 0 Å². The fraction of sp³-hybridized carbons (Fsp3) is 0.769. The van der Waals surface area contributed by atoms with E-state index >= 15 is 0 Å². The molecule has 1 aromatic heterocycles. The molecule has 172 valence electrons. The molecule has 1 aromatic rings. The Kier molecular flexibility index (Phi) is 19.1. The van der Waals surface area contributed by atoms with Crippen molar-refractivity contribution < 1.29 is 4.79 Å². The van der Waals surface area contributed by atoms with Crippen LogP contribution in [-0.4, -0.2) is 28.9 Å². The number of unbranched alkanes of at least 4 members (excludes halogenated alkanes) is 15. The molecular weight excluding hydrogens is 388 g/mol. The van der Waals surface area contributed by atoms with E-state index in [1.807, 2.05) is 11.8 Å². The molecule has 1 rings (SSSR count). The van der Waals surface area contributed by atoms with Gasteiger partial charge in [-0.15, -0.1) is 0 Å². The summed E-state index contributed by atoms with van der Waals surface area (Å²) in [5.41, 5.74) is 0.639. The van der Waals surface area contributed by atoms with Gasteiger partial charge in [-0.05, 0) is 24.3 Å². The van der Waals surface area contributed by atoms with Gasteiger partial charge in [-0.25, -0.2) is 0 Å². The maximum Gasteiger partial charge on any atom is 0.252 e. The Morgan fingerprint density at radius 3 is 1.83 bits per heavy atom. The number of carbonyl (C=O) groups is 1. The van der Waals surface area contributed by atoms with Crippen molar-refractivity contribution in [3.05, 3.63) is 30.1 Å². The Bertz CT molecular complexity index is 495. The Balaban J connectivity index is 1.71. The molecule has 0 radical (unpaired) electrons. The number of rotatable bonds is 21. The minimum atomic E-state index is -0.0221. The standard InChI is InChI=1S/C26H46N2OS/c1-2-3-4-5-6-7-8-9-10-11-12-13-14-15-16-17-22-30-23-21-28-26(29)25-19-18-20-27-24-25/h18-20,24H,2-17,21-23H2,1H3,(H,28,29). The first-order valence-corrected chi connectivity index (χ1v) is 13.8. The van der Waals surface area contributed by atoms with Gasteiger partial charge in [-0.2, -0.15) is 11.8 Å². The van der Waals surface area contributed by atoms with E-state index in [2.05, 4.69) is 17.2 Å². The largest absolute Gasteiger partial charge is 0.351 e. The highest BCUT2D eigenvalue weighted by Gasteiger charge is 2.03. The van der Waals surface area contributed by atoms with Crippen LogP contribution in [0, 0.1) is 0 Å². The third-order valence-electron chi connectivity index (χ3n) is 5.60. The number of hydrogen-bond acceptors (Lipinski definition) is 3. The van der Waals surface area contributed by atoms with Crippen LogP contribution in [-0.2, 0) is 0 Å². The fourth-order valence-electron chi connectivity index (χ4n) is 3.69. The van der Waals surface area contributed by atoms with Gasteiger partial charge < -0.3 is 5.32 Å². The van der Waals surface area contributed by atoms with Crippen molar-refractivity contribution in [2.75, 3.05) is 18.1 Å². The Morgan fingerprint density at radius 1 is 0.800 bits per heavy atom. The van der Waals surface area contributed by atoms with Crippen LogP contribution < -0.4 is 5.32 Å². The summed E-state index contributed by atoms with van der Waals surface area (Å²) in [6.45, 7) is 3.02. The molecule has 0 aromatic carbocycles. The summed E-state index contributed by atoms with van der Waals surface area (Å²) in [5.74, 6) is 2.18. The second kappa shape index (κ2) is 21.2. The summed E-state index contributed by atoms with van der Waals surface area (Å²) in [7, 11) is 0. The van der Waals surface area contributed by atoms with Crippen LogP contribution >= 0.6 is 11.8 Å². The van der Waals surface area contributed by atoms with Crippen molar-refractivity contribution in [3.63, 3.8) is 0 Å². The Hall–Kier alpha value is -1.03. The minimum Gasteiger partial charge on any atom is -0.351 e. The maximum atomic E-state index is 11.9. The van der Waals surface area contributed by atoms with Crippen molar-refractivity contribution >= 4 is 17.7 Å². The van der Waals surface area contributed by atoms with Gasteiger partial charge in [-0.3, -0.25) is 9.78 Å². The average Bonchev–Trinajstić information content (AvgIpc) is 2.78. The normalized spacial score (nSPS) is 11.0. The lowest BCUT2D eigenvalue weighted by Crippen LogP contribution is -2.25. The monoisotopic (exact) mass is 434 g/mol. The average molecular weight is 435 g/mol. The van der Waals surface area contributed by atoms with Gasteiger partial charge >= 0.3 is 0 Å². The van der Waals surface area contributed by atoms with Gasteiger partial charge in [0.1, 0.15) is 0 Å². The quantitative estimate of drug-likeness (QED) is 0.201. The van der Waals surface area contributed by atoms with E-state index in [1.54, 1.807) is 24.5 Å². The van der Waals surface area contributed by atoms with Gasteiger partial charge in [0.05, 0.1) is 5.56 Å². The molecule has 3 nitrogen and oxygen atoms in total. The zero-order valence-corrected chi connectivity index (χ0v) is 20.3. The first-order chi connectivity index (χ1) is 14.8. The number of carbonyl (C=O) groups excluding carboxylic acids is 1. The van der Waals surface area contributed by atoms with Gasteiger partial charge in [0.15, 0.2) is 0 Å². The van der Waals surface area contributed by atoms with Crippen molar-refractivity contribution in [3.8, 4) is 0 Å². The molecule has 1 heterocycles. The van der Waals surface area contributed by atoms with Crippen LogP contribution in [0.5, 0.6) is 0 Å². The topological polar surface area (TPSA) is 42.0 Å². The molecule has 4 heteroatoms. The summed E-state index contributed by atoms with van der Waals surface area (Å²) < 4.78 is 0. The summed E-state index contributed by atoms with van der Waals surface area (Å²) in [4.78, 5) is 15.9. The number of amides is 1. The number of thioether (sulfide) groups is 1. The number of hydrogen-bond donors (Lipinski definition) is 1. The van der Waals surface area contributed by atoms with Crippen LogP contribution in [0.2, 0.25) is 0 Å². The Morgan fingerprint density at radius 2 is 1.33 bits per heavy atom. The van der Waals surface area contributed by atoms with Gasteiger partial charge in [0, 0.05) is 24.7 Å². The smallest absolute Gasteiger partial charge is 0.252 e. The predicted octanol–water partition coefficient (Wildman–Crippen LogP) is 7.81. The molecule has 0 aliphatic heterocycles. The molecule has 0 unspecified atom stereocenters. The number of pyridine rings is 1. The van der Waals surface area contributed by atoms with E-state index < -0.39 is 0 Å². The van der Waals surface area contributed by atoms with Gasteiger partial charge in [0.2, 0.25) is 0 Å². The maximum absolute atomic E-state index is 11.9. The molecule has 30 heavy (non-hydrogen) atoms. The molecule has 0 atom stereocenters. The molecule has 0 saturated heterocycles. The molecule has 0 aliphatic carbocycles. The van der Waals surface area contributed by atoms with Crippen molar-refractivity contribution in [2.45, 2.75) is 110 Å². The molecule has 1 amide bonds. The molecule has 0 aliphatic rings. The van der Waals surface area contributed by atoms with Crippen LogP contribution in [0.1, 0.15) is 120 Å². The first-order valence-electron chi connectivity index (χ1n) is 12.6. The van der Waals surface area contributed by atoms with E-state index in [1.165, 1.54) is 108 Å². The first kappa shape index (κ1) is 27.0. The van der Waals surface area contributed by atoms with Crippen molar-refractivity contribution in [2.24, 2.45) is 0 Å². The lowest BCUT2D eigenvalue weighted by molar-refractivity contribution is 0.0956. The van der Waals surface area contributed by atoms with Crippen molar-refractivity contribution in [1.29, 1.82) is 0 Å². The van der Waals surface area contributed by atoms with Crippen LogP contribution in [0.25, 0.3) is 0 Å². The highest BCUT2D eigenvalue weighted by atomic mass is 32.2. The van der Waals surface area contributed by atoms with Crippen LogP contribution in [0.4, 0.5) is 0 Å². The summed E-state index contributed by atoms with van der Waals surface area (Å²) in [6.07, 6.45) is 26.0. The third-order valence-corrected chi connectivity index (χ3v) is 6.67. The van der Waals surface area contributed by atoms with E-state index in [0.29, 0.717) is 5.56 Å². The summed E-state index contributed by atoms with van der Waals surface area (Å²) >= 11 is 1.95. The second-order valence-corrected chi connectivity index (χ2v) is 9.64. The van der Waals surface area contributed by atoms with Crippen LogP contribution in [0.15, 0.2) is 24.5 Å².